The Hall–Kier alpha value is -6.70. The summed E-state index contributed by atoms with van der Waals surface area (Å²) in [7, 11) is 3.01. The van der Waals surface area contributed by atoms with Crippen LogP contribution in [0.5, 0.6) is 5.75 Å². The fraction of sp³-hybridized carbons (Fsp3) is 0.566. The number of hydrogen-bond acceptors (Lipinski definition) is 14. The maximum atomic E-state index is 15.0. The number of ether oxygens (including phenoxy) is 4. The van der Waals surface area contributed by atoms with Gasteiger partial charge >= 0.3 is 12.1 Å². The second kappa shape index (κ2) is 25.8. The number of aromatic nitrogens is 3. The Morgan fingerprint density at radius 1 is 0.890 bits per heavy atom. The molecule has 2 heterocycles. The van der Waals surface area contributed by atoms with Crippen molar-refractivity contribution in [1.29, 1.82) is 0 Å². The van der Waals surface area contributed by atoms with E-state index >= 15 is 4.39 Å². The maximum absolute atomic E-state index is 15.0. The summed E-state index contributed by atoms with van der Waals surface area (Å²) in [5, 5.41) is 12.5. The molecule has 1 saturated carbocycles. The van der Waals surface area contributed by atoms with Crippen LogP contribution < -0.4 is 20.7 Å². The molecule has 5 amide bonds. The Kier molecular flexibility index (Phi) is 20.2. The Morgan fingerprint density at radius 2 is 1.59 bits per heavy atom. The van der Waals surface area contributed by atoms with Gasteiger partial charge < -0.3 is 44.3 Å². The maximum Gasteiger partial charge on any atom is 0.410 e. The van der Waals surface area contributed by atoms with E-state index in [9.17, 15) is 28.8 Å². The fourth-order valence-electron chi connectivity index (χ4n) is 7.89. The molecule has 2 aromatic carbocycles. The Bertz CT molecular complexity index is 2520. The fourth-order valence-corrected chi connectivity index (χ4v) is 7.89. The molecule has 0 saturated heterocycles. The Labute approximate surface area is 427 Å². The van der Waals surface area contributed by atoms with Crippen molar-refractivity contribution in [1.82, 2.24) is 40.9 Å². The first-order valence-electron chi connectivity index (χ1n) is 24.9. The minimum atomic E-state index is -1.47. The molecular weight excluding hydrogens is 944 g/mol. The molecule has 0 unspecified atom stereocenters. The Morgan fingerprint density at radius 3 is 2.23 bits per heavy atom. The van der Waals surface area contributed by atoms with Crippen LogP contribution in [0.4, 0.5) is 9.18 Å². The van der Waals surface area contributed by atoms with Gasteiger partial charge in [0.2, 0.25) is 23.6 Å². The van der Waals surface area contributed by atoms with E-state index in [-0.39, 0.29) is 73.1 Å². The monoisotopic (exact) mass is 1020 g/mol. The number of fused-ring (bicyclic) bond motifs is 1. The highest BCUT2D eigenvalue weighted by atomic mass is 19.1. The first-order chi connectivity index (χ1) is 34.4. The van der Waals surface area contributed by atoms with Crippen LogP contribution >= 0.6 is 0 Å². The highest BCUT2D eigenvalue weighted by Gasteiger charge is 2.38. The van der Waals surface area contributed by atoms with E-state index in [2.05, 4.69) is 31.1 Å². The van der Waals surface area contributed by atoms with Crippen molar-refractivity contribution in [3.05, 3.63) is 83.4 Å². The number of rotatable bonds is 25. The molecule has 4 atom stereocenters. The molecule has 1 fully saturated rings. The molecule has 0 aliphatic heterocycles. The average Bonchev–Trinajstić information content (AvgIpc) is 4.06. The molecule has 398 valence electrons. The number of amides is 5. The summed E-state index contributed by atoms with van der Waals surface area (Å²) in [4.78, 5) is 95.3. The number of nitrogens with one attached hydrogen (secondary N) is 3. The van der Waals surface area contributed by atoms with Gasteiger partial charge in [-0.3, -0.25) is 33.9 Å². The molecule has 5 rings (SSSR count). The van der Waals surface area contributed by atoms with Gasteiger partial charge in [0.15, 0.2) is 5.82 Å². The summed E-state index contributed by atoms with van der Waals surface area (Å²) in [5.74, 6) is -3.00. The SMILES string of the molecule is CCOCC[C@H](C(=O)N[C@@H](COc1ccc2ncc(F)cc2c1C(=O)N[C@@H](CC(=O)OC(C)(C)C)C(=O)NCCc1nc(C2CC2)no1)Cc1ccccc1)N(C)C(=O)[C@H](CC(C)C)N(C)C(=O)OC(C)(C)C. The number of nitrogens with zero attached hydrogens (tertiary/aromatic N) is 5. The van der Waals surface area contributed by atoms with E-state index in [4.69, 9.17) is 23.5 Å². The van der Waals surface area contributed by atoms with Crippen LogP contribution in [0.2, 0.25) is 0 Å². The minimum absolute atomic E-state index is 0.00799. The molecule has 1 aliphatic rings. The molecule has 20 heteroatoms. The second-order valence-corrected chi connectivity index (χ2v) is 20.7. The van der Waals surface area contributed by atoms with E-state index in [0.717, 1.165) is 30.7 Å². The number of esters is 1. The van der Waals surface area contributed by atoms with Gasteiger partial charge in [-0.25, -0.2) is 9.18 Å². The van der Waals surface area contributed by atoms with Crippen LogP contribution in [0.25, 0.3) is 10.9 Å². The van der Waals surface area contributed by atoms with Crippen LogP contribution in [-0.2, 0) is 46.2 Å². The van der Waals surface area contributed by atoms with Gasteiger partial charge in [0, 0.05) is 58.0 Å². The summed E-state index contributed by atoms with van der Waals surface area (Å²) >= 11 is 0. The van der Waals surface area contributed by atoms with Crippen molar-refractivity contribution in [2.45, 2.75) is 149 Å². The van der Waals surface area contributed by atoms with Crippen molar-refractivity contribution in [2.75, 3.05) is 40.5 Å². The number of benzene rings is 2. The Balaban J connectivity index is 1.44. The predicted molar refractivity (Wildman–Crippen MR) is 269 cm³/mol. The third kappa shape index (κ3) is 17.8. The normalized spacial score (nSPS) is 14.4. The standard InChI is InChI=1S/C53H73FN8O11/c1-12-69-25-23-40(61(10)50(67)41(26-32(2)3)62(11)51(68)72-53(7,8)9)48(65)57-36(27-33-16-14-13-15-17-33)31-70-42-21-20-38-37(28-35(54)30-56-38)45(42)49(66)58-39(29-44(63)71-52(4,5)6)47(64)55-24-22-43-59-46(60-73-43)34-18-19-34/h13-17,20-21,28,30,32,34,36,39-41H,12,18-19,22-27,29,31H2,1-11H3,(H,55,64)(H,57,65)(H,58,66)/t36-,39+,40-,41+/m1/s1. The molecule has 2 aromatic heterocycles. The van der Waals surface area contributed by atoms with Gasteiger partial charge in [0.1, 0.15) is 47.5 Å². The van der Waals surface area contributed by atoms with Gasteiger partial charge in [-0.1, -0.05) is 49.3 Å². The molecule has 4 aromatic rings. The van der Waals surface area contributed by atoms with Crippen molar-refractivity contribution in [2.24, 2.45) is 5.92 Å². The highest BCUT2D eigenvalue weighted by Crippen LogP contribution is 2.38. The zero-order chi connectivity index (χ0) is 53.6. The van der Waals surface area contributed by atoms with E-state index in [1.165, 1.54) is 36.0 Å². The van der Waals surface area contributed by atoms with Crippen LogP contribution in [0.3, 0.4) is 0 Å². The number of pyridine rings is 1. The lowest BCUT2D eigenvalue weighted by Crippen LogP contribution is -2.57. The number of carbonyl (C=O) groups is 6. The first kappa shape index (κ1) is 57.2. The summed E-state index contributed by atoms with van der Waals surface area (Å²) in [6, 6.07) is 9.09. The van der Waals surface area contributed by atoms with Crippen LogP contribution in [0.15, 0.2) is 59.3 Å². The molecule has 19 nitrogen and oxygen atoms in total. The lowest BCUT2D eigenvalue weighted by atomic mass is 10.00. The number of halogens is 1. The number of carbonyl (C=O) groups excluding carboxylic acids is 6. The number of likely N-dealkylation sites (N-methyl/N-ethyl adjacent to an activating group) is 2. The molecule has 0 radical (unpaired) electrons. The minimum Gasteiger partial charge on any atom is -0.491 e. The molecule has 3 N–H and O–H groups in total. The molecule has 73 heavy (non-hydrogen) atoms. The van der Waals surface area contributed by atoms with Crippen molar-refractivity contribution in [3.63, 3.8) is 0 Å². The molecule has 1 aliphatic carbocycles. The van der Waals surface area contributed by atoms with Gasteiger partial charge in [-0.15, -0.1) is 0 Å². The molecular formula is C53H73FN8O11. The van der Waals surface area contributed by atoms with E-state index in [1.807, 2.05) is 51.1 Å². The summed E-state index contributed by atoms with van der Waals surface area (Å²) in [6.07, 6.45) is 2.53. The first-order valence-corrected chi connectivity index (χ1v) is 24.9. The largest absolute Gasteiger partial charge is 0.491 e. The van der Waals surface area contributed by atoms with Crippen LogP contribution in [-0.4, -0.2) is 136 Å². The predicted octanol–water partition coefficient (Wildman–Crippen LogP) is 6.46. The topological polar surface area (TPSA) is 234 Å². The van der Waals surface area contributed by atoms with E-state index < -0.39 is 83.3 Å². The van der Waals surface area contributed by atoms with E-state index in [1.54, 1.807) is 41.5 Å². The van der Waals surface area contributed by atoms with Gasteiger partial charge in [-0.2, -0.15) is 4.98 Å². The lowest BCUT2D eigenvalue weighted by Gasteiger charge is -2.36. The third-order valence-electron chi connectivity index (χ3n) is 11.6. The van der Waals surface area contributed by atoms with E-state index in [0.29, 0.717) is 24.7 Å². The van der Waals surface area contributed by atoms with Crippen LogP contribution in [0.1, 0.15) is 128 Å². The van der Waals surface area contributed by atoms with Crippen molar-refractivity contribution < 1.29 is 56.6 Å². The number of hydrogen-bond donors (Lipinski definition) is 3. The van der Waals surface area contributed by atoms with Gasteiger partial charge in [0.25, 0.3) is 5.91 Å². The third-order valence-corrected chi connectivity index (χ3v) is 11.6. The molecule has 0 bridgehead atoms. The smallest absolute Gasteiger partial charge is 0.410 e. The highest BCUT2D eigenvalue weighted by molar-refractivity contribution is 6.10. The van der Waals surface area contributed by atoms with Crippen LogP contribution in [0, 0.1) is 11.7 Å². The second-order valence-electron chi connectivity index (χ2n) is 20.7. The van der Waals surface area contributed by atoms with Crippen molar-refractivity contribution >= 4 is 46.6 Å². The summed E-state index contributed by atoms with van der Waals surface area (Å²) in [6.45, 7) is 16.2. The molecule has 0 spiro atoms. The zero-order valence-corrected chi connectivity index (χ0v) is 44.0. The lowest BCUT2D eigenvalue weighted by molar-refractivity contribution is -0.156. The summed E-state index contributed by atoms with van der Waals surface area (Å²) < 4.78 is 43.6. The van der Waals surface area contributed by atoms with Gasteiger partial charge in [-0.05, 0) is 104 Å². The zero-order valence-electron chi connectivity index (χ0n) is 44.0. The van der Waals surface area contributed by atoms with Crippen molar-refractivity contribution in [3.8, 4) is 5.75 Å². The summed E-state index contributed by atoms with van der Waals surface area (Å²) in [5.41, 5.74) is -0.872. The van der Waals surface area contributed by atoms with Gasteiger partial charge in [0.05, 0.1) is 29.7 Å². The average molecular weight is 1020 g/mol. The quantitative estimate of drug-likeness (QED) is 0.0478.